The van der Waals surface area contributed by atoms with Crippen molar-refractivity contribution >= 4 is 27.3 Å². The summed E-state index contributed by atoms with van der Waals surface area (Å²) in [6.07, 6.45) is 6.14. The van der Waals surface area contributed by atoms with Gasteiger partial charge in [0.1, 0.15) is 3.79 Å². The van der Waals surface area contributed by atoms with E-state index in [-0.39, 0.29) is 0 Å². The van der Waals surface area contributed by atoms with Crippen LogP contribution in [0.3, 0.4) is 0 Å². The molecule has 0 aliphatic rings. The van der Waals surface area contributed by atoms with E-state index in [1.807, 2.05) is 6.07 Å². The minimum atomic E-state index is 0.880. The summed E-state index contributed by atoms with van der Waals surface area (Å²) in [7, 11) is 1.70. The lowest BCUT2D eigenvalue weighted by Crippen LogP contribution is -1.93. The van der Waals surface area contributed by atoms with Gasteiger partial charge in [-0.25, -0.2) is 0 Å². The molecule has 108 valence electrons. The van der Waals surface area contributed by atoms with Crippen LogP contribution in [0.5, 0.6) is 5.75 Å². The van der Waals surface area contributed by atoms with E-state index >= 15 is 0 Å². The maximum absolute atomic E-state index is 5.45. The van der Waals surface area contributed by atoms with Gasteiger partial charge in [-0.2, -0.15) is 0 Å². The number of aromatic nitrogens is 1. The highest BCUT2D eigenvalue weighted by molar-refractivity contribution is 9.11. The van der Waals surface area contributed by atoms with Gasteiger partial charge in [-0.1, -0.05) is 32.3 Å². The molecule has 2 nitrogen and oxygen atoms in total. The first-order valence-corrected chi connectivity index (χ1v) is 8.70. The number of pyridine rings is 1. The number of aryl methyl sites for hydroxylation is 1. The Morgan fingerprint density at radius 1 is 1.25 bits per heavy atom. The third kappa shape index (κ3) is 3.83. The molecule has 4 heteroatoms. The average molecular weight is 354 g/mol. The Kier molecular flexibility index (Phi) is 6.05. The standard InChI is InChI=1S/C16H20BrNOS/c1-3-4-5-6-8-12-9-7-10-14(18-12)13-11-20-16(17)15(13)19-2/h7,9-11H,3-6,8H2,1-2H3. The number of halogens is 1. The molecular formula is C16H20BrNOS. The summed E-state index contributed by atoms with van der Waals surface area (Å²) in [6.45, 7) is 2.24. The third-order valence-corrected chi connectivity index (χ3v) is 4.94. The van der Waals surface area contributed by atoms with Crippen LogP contribution in [-0.2, 0) is 6.42 Å². The van der Waals surface area contributed by atoms with Crippen LogP contribution in [0.4, 0.5) is 0 Å². The molecule has 0 spiro atoms. The van der Waals surface area contributed by atoms with Crippen LogP contribution in [-0.4, -0.2) is 12.1 Å². The Morgan fingerprint density at radius 3 is 2.85 bits per heavy atom. The first kappa shape index (κ1) is 15.5. The van der Waals surface area contributed by atoms with E-state index < -0.39 is 0 Å². The quantitative estimate of drug-likeness (QED) is 0.595. The molecule has 0 saturated heterocycles. The molecule has 0 amide bonds. The molecule has 2 aromatic heterocycles. The van der Waals surface area contributed by atoms with Crippen molar-refractivity contribution in [3.8, 4) is 17.0 Å². The number of hydrogen-bond donors (Lipinski definition) is 0. The molecule has 2 aromatic rings. The topological polar surface area (TPSA) is 22.1 Å². The first-order valence-electron chi connectivity index (χ1n) is 7.03. The highest BCUT2D eigenvalue weighted by Gasteiger charge is 2.13. The van der Waals surface area contributed by atoms with Gasteiger partial charge in [0, 0.05) is 11.1 Å². The van der Waals surface area contributed by atoms with Crippen molar-refractivity contribution in [3.05, 3.63) is 33.1 Å². The van der Waals surface area contributed by atoms with Crippen LogP contribution < -0.4 is 4.74 Å². The molecule has 0 atom stereocenters. The van der Waals surface area contributed by atoms with E-state index in [0.717, 1.165) is 27.2 Å². The van der Waals surface area contributed by atoms with Crippen LogP contribution in [0, 0.1) is 0 Å². The second-order valence-electron chi connectivity index (χ2n) is 4.78. The fourth-order valence-electron chi connectivity index (χ4n) is 2.19. The van der Waals surface area contributed by atoms with Gasteiger partial charge in [0.2, 0.25) is 0 Å². The van der Waals surface area contributed by atoms with Crippen molar-refractivity contribution in [2.45, 2.75) is 39.0 Å². The molecule has 0 unspecified atom stereocenters. The number of thiophene rings is 1. The zero-order valence-corrected chi connectivity index (χ0v) is 14.4. The Hall–Kier alpha value is -0.870. The van der Waals surface area contributed by atoms with E-state index in [0.29, 0.717) is 0 Å². The molecule has 0 fully saturated rings. The van der Waals surface area contributed by atoms with Gasteiger partial charge in [0.25, 0.3) is 0 Å². The fourth-order valence-corrected chi connectivity index (χ4v) is 3.60. The Labute approximate surface area is 133 Å². The second kappa shape index (κ2) is 7.79. The summed E-state index contributed by atoms with van der Waals surface area (Å²) in [5.74, 6) is 0.880. The predicted octanol–water partition coefficient (Wildman–Crippen LogP) is 5.70. The van der Waals surface area contributed by atoms with Crippen molar-refractivity contribution in [1.82, 2.24) is 4.98 Å². The van der Waals surface area contributed by atoms with Gasteiger partial charge in [0.05, 0.1) is 18.4 Å². The van der Waals surface area contributed by atoms with Crippen LogP contribution in [0.2, 0.25) is 0 Å². The van der Waals surface area contributed by atoms with Crippen molar-refractivity contribution in [3.63, 3.8) is 0 Å². The lowest BCUT2D eigenvalue weighted by atomic mass is 10.1. The number of hydrogen-bond acceptors (Lipinski definition) is 3. The van der Waals surface area contributed by atoms with Crippen molar-refractivity contribution < 1.29 is 4.74 Å². The SMILES string of the molecule is CCCCCCc1cccc(-c2csc(Br)c2OC)n1. The van der Waals surface area contributed by atoms with Crippen LogP contribution in [0.1, 0.15) is 38.3 Å². The molecule has 2 rings (SSSR count). The lowest BCUT2D eigenvalue weighted by Gasteiger charge is -2.06. The number of unbranched alkanes of at least 4 members (excludes halogenated alkanes) is 3. The van der Waals surface area contributed by atoms with Gasteiger partial charge in [-0.15, -0.1) is 11.3 Å². The maximum Gasteiger partial charge on any atom is 0.153 e. The molecule has 0 N–H and O–H groups in total. The third-order valence-electron chi connectivity index (χ3n) is 3.28. The van der Waals surface area contributed by atoms with Gasteiger partial charge in [-0.3, -0.25) is 4.98 Å². The summed E-state index contributed by atoms with van der Waals surface area (Å²) in [5, 5.41) is 2.09. The van der Waals surface area contributed by atoms with Gasteiger partial charge in [0.15, 0.2) is 5.75 Å². The number of ether oxygens (including phenoxy) is 1. The molecule has 0 saturated carbocycles. The molecule has 2 heterocycles. The summed E-state index contributed by atoms with van der Waals surface area (Å²) < 4.78 is 6.47. The minimum absolute atomic E-state index is 0.880. The molecule has 0 radical (unpaired) electrons. The van der Waals surface area contributed by atoms with Crippen LogP contribution in [0.25, 0.3) is 11.3 Å². The van der Waals surface area contributed by atoms with Crippen molar-refractivity contribution in [1.29, 1.82) is 0 Å². The molecule has 0 bridgehead atoms. The minimum Gasteiger partial charge on any atom is -0.494 e. The number of rotatable bonds is 7. The zero-order chi connectivity index (χ0) is 14.4. The van der Waals surface area contributed by atoms with Crippen molar-refractivity contribution in [2.24, 2.45) is 0 Å². The summed E-state index contributed by atoms with van der Waals surface area (Å²) >= 11 is 5.15. The zero-order valence-electron chi connectivity index (χ0n) is 12.0. The maximum atomic E-state index is 5.45. The largest absolute Gasteiger partial charge is 0.494 e. The Balaban J connectivity index is 2.12. The van der Waals surface area contributed by atoms with Crippen LogP contribution in [0.15, 0.2) is 27.4 Å². The van der Waals surface area contributed by atoms with Crippen LogP contribution >= 0.6 is 27.3 Å². The summed E-state index contributed by atoms with van der Waals surface area (Å²) in [4.78, 5) is 4.77. The predicted molar refractivity (Wildman–Crippen MR) is 89.6 cm³/mol. The van der Waals surface area contributed by atoms with E-state index in [4.69, 9.17) is 9.72 Å². The lowest BCUT2D eigenvalue weighted by molar-refractivity contribution is 0.416. The fraction of sp³-hybridized carbons (Fsp3) is 0.438. The van der Waals surface area contributed by atoms with E-state index in [1.165, 1.54) is 31.4 Å². The average Bonchev–Trinajstić information content (AvgIpc) is 2.85. The van der Waals surface area contributed by atoms with E-state index in [1.54, 1.807) is 18.4 Å². The molecule has 0 aliphatic carbocycles. The monoisotopic (exact) mass is 353 g/mol. The Morgan fingerprint density at radius 2 is 2.10 bits per heavy atom. The van der Waals surface area contributed by atoms with E-state index in [2.05, 4.69) is 40.4 Å². The van der Waals surface area contributed by atoms with E-state index in [9.17, 15) is 0 Å². The number of methoxy groups -OCH3 is 1. The normalized spacial score (nSPS) is 10.8. The van der Waals surface area contributed by atoms with Gasteiger partial charge in [-0.05, 0) is 40.9 Å². The molecule has 0 aliphatic heterocycles. The number of nitrogens with zero attached hydrogens (tertiary/aromatic N) is 1. The first-order chi connectivity index (χ1) is 9.76. The molecular weight excluding hydrogens is 334 g/mol. The summed E-state index contributed by atoms with van der Waals surface area (Å²) in [5.41, 5.74) is 3.24. The molecule has 20 heavy (non-hydrogen) atoms. The Bertz CT molecular complexity index is 553. The van der Waals surface area contributed by atoms with Gasteiger partial charge >= 0.3 is 0 Å². The highest BCUT2D eigenvalue weighted by atomic mass is 79.9. The van der Waals surface area contributed by atoms with Crippen molar-refractivity contribution in [2.75, 3.05) is 7.11 Å². The summed E-state index contributed by atoms with van der Waals surface area (Å²) in [6, 6.07) is 6.25. The second-order valence-corrected chi connectivity index (χ2v) is 6.98. The highest BCUT2D eigenvalue weighted by Crippen LogP contribution is 2.40. The smallest absolute Gasteiger partial charge is 0.153 e. The molecule has 0 aromatic carbocycles. The van der Waals surface area contributed by atoms with Gasteiger partial charge < -0.3 is 4.74 Å².